The van der Waals surface area contributed by atoms with Crippen LogP contribution in [0, 0.1) is 0 Å². The predicted molar refractivity (Wildman–Crippen MR) is 169 cm³/mol. The number of rotatable bonds is 9. The monoisotopic (exact) mass is 600 g/mol. The van der Waals surface area contributed by atoms with Gasteiger partial charge in [-0.25, -0.2) is 4.79 Å². The van der Waals surface area contributed by atoms with Gasteiger partial charge in [0.1, 0.15) is 5.00 Å². The van der Waals surface area contributed by atoms with E-state index >= 15 is 0 Å². The number of alkyl halides is 1. The summed E-state index contributed by atoms with van der Waals surface area (Å²) in [4.78, 5) is 39.7. The van der Waals surface area contributed by atoms with Crippen LogP contribution < -0.4 is 10.6 Å². The molecule has 0 aliphatic heterocycles. The molecule has 0 saturated heterocycles. The fourth-order valence-corrected chi connectivity index (χ4v) is 6.65. The molecule has 1 aliphatic carbocycles. The highest BCUT2D eigenvalue weighted by Gasteiger charge is 2.26. The molecule has 0 radical (unpaired) electrons. The smallest absolute Gasteiger partial charge is 0.337 e. The second-order valence-electron chi connectivity index (χ2n) is 10.4. The van der Waals surface area contributed by atoms with Crippen molar-refractivity contribution < 1.29 is 19.1 Å². The highest BCUT2D eigenvalue weighted by Crippen LogP contribution is 2.38. The second-order valence-corrected chi connectivity index (χ2v) is 11.8. The summed E-state index contributed by atoms with van der Waals surface area (Å²) in [5.41, 5.74) is 6.50. The van der Waals surface area contributed by atoms with Gasteiger partial charge in [0.05, 0.1) is 18.2 Å². The van der Waals surface area contributed by atoms with E-state index in [9.17, 15) is 14.4 Å². The molecule has 42 heavy (non-hydrogen) atoms. The van der Waals surface area contributed by atoms with Crippen LogP contribution in [-0.2, 0) is 36.3 Å². The van der Waals surface area contributed by atoms with E-state index in [0.717, 1.165) is 67.2 Å². The fourth-order valence-electron chi connectivity index (χ4n) is 5.20. The summed E-state index contributed by atoms with van der Waals surface area (Å²) in [6, 6.07) is 22.5. The molecule has 6 nitrogen and oxygen atoms in total. The van der Waals surface area contributed by atoms with Crippen LogP contribution in [0.4, 0.5) is 10.7 Å². The molecule has 4 aromatic rings. The number of thiophene rings is 1. The molecule has 1 heterocycles. The highest BCUT2D eigenvalue weighted by molar-refractivity contribution is 7.17. The minimum atomic E-state index is -0.343. The van der Waals surface area contributed by atoms with Gasteiger partial charge in [0.15, 0.2) is 0 Å². The Morgan fingerprint density at radius 3 is 2.17 bits per heavy atom. The number of hydrogen-bond donors (Lipinski definition) is 2. The predicted octanol–water partition coefficient (Wildman–Crippen LogP) is 7.83. The maximum Gasteiger partial charge on any atom is 0.337 e. The number of aryl methyl sites for hydroxylation is 3. The summed E-state index contributed by atoms with van der Waals surface area (Å²) in [5.74, 6) is -0.482. The first-order valence-corrected chi connectivity index (χ1v) is 15.5. The van der Waals surface area contributed by atoms with Crippen molar-refractivity contribution in [3.8, 4) is 0 Å². The molecule has 3 aromatic carbocycles. The number of amides is 2. The lowest BCUT2D eigenvalue weighted by Crippen LogP contribution is -2.18. The normalized spacial score (nSPS) is 12.6. The van der Waals surface area contributed by atoms with Crippen LogP contribution in [0.25, 0.3) is 0 Å². The maximum atomic E-state index is 13.7. The number of carbonyl (C=O) groups excluding carboxylic acids is 3. The van der Waals surface area contributed by atoms with Crippen molar-refractivity contribution in [3.05, 3.63) is 117 Å². The van der Waals surface area contributed by atoms with E-state index in [4.69, 9.17) is 16.3 Å². The summed E-state index contributed by atoms with van der Waals surface area (Å²) in [5, 5.41) is 6.68. The molecular formula is C34H33ClN2O4S. The zero-order valence-corrected chi connectivity index (χ0v) is 25.1. The highest BCUT2D eigenvalue weighted by atomic mass is 35.5. The lowest BCUT2D eigenvalue weighted by Gasteiger charge is -2.11. The minimum absolute atomic E-state index is 0.211. The lowest BCUT2D eigenvalue weighted by molar-refractivity contribution is 0.0600. The number of carbonyl (C=O) groups is 3. The van der Waals surface area contributed by atoms with E-state index < -0.39 is 0 Å². The zero-order valence-electron chi connectivity index (χ0n) is 23.5. The first kappa shape index (κ1) is 29.5. The SMILES string of the molecule is COC(=O)c1ccc(CCc2ccc(NC(=O)c3c(NC(=O)c4cccc(CCl)c4)sc4c3CCCCC4)cc2)cc1. The first-order valence-electron chi connectivity index (χ1n) is 14.1. The van der Waals surface area contributed by atoms with Gasteiger partial charge in [-0.1, -0.05) is 42.8 Å². The average molecular weight is 601 g/mol. The van der Waals surface area contributed by atoms with Gasteiger partial charge >= 0.3 is 5.97 Å². The Kier molecular flexibility index (Phi) is 9.72. The summed E-state index contributed by atoms with van der Waals surface area (Å²) in [6.07, 6.45) is 6.62. The standard InChI is InChI=1S/C34H33ClN2O4S/c1-41-34(40)25-16-12-22(13-17-25)10-11-23-14-18-27(19-15-23)36-32(39)30-28-8-3-2-4-9-29(28)42-33(30)37-31(38)26-7-5-6-24(20-26)21-35/h5-7,12-20H,2-4,8-11,21H2,1H3,(H,36,39)(H,37,38). The van der Waals surface area contributed by atoms with E-state index in [2.05, 4.69) is 10.6 Å². The van der Waals surface area contributed by atoms with Gasteiger partial charge in [-0.2, -0.15) is 0 Å². The molecule has 0 bridgehead atoms. The Morgan fingerprint density at radius 1 is 0.786 bits per heavy atom. The van der Waals surface area contributed by atoms with E-state index in [1.165, 1.54) is 23.3 Å². The Morgan fingerprint density at radius 2 is 1.48 bits per heavy atom. The summed E-state index contributed by atoms with van der Waals surface area (Å²) < 4.78 is 4.76. The average Bonchev–Trinajstić information content (AvgIpc) is 3.20. The summed E-state index contributed by atoms with van der Waals surface area (Å²) in [7, 11) is 1.37. The van der Waals surface area contributed by atoms with Crippen molar-refractivity contribution in [2.45, 2.75) is 50.8 Å². The van der Waals surface area contributed by atoms with Crippen molar-refractivity contribution in [1.29, 1.82) is 0 Å². The van der Waals surface area contributed by atoms with Gasteiger partial charge in [0.25, 0.3) is 11.8 Å². The molecule has 216 valence electrons. The lowest BCUT2D eigenvalue weighted by atomic mass is 10.0. The third kappa shape index (κ3) is 7.09. The Bertz CT molecular complexity index is 1580. The van der Waals surface area contributed by atoms with Gasteiger partial charge in [-0.15, -0.1) is 22.9 Å². The quantitative estimate of drug-likeness (QED) is 0.116. The largest absolute Gasteiger partial charge is 0.465 e. The fraction of sp³-hybridized carbons (Fsp3) is 0.265. The summed E-state index contributed by atoms with van der Waals surface area (Å²) >= 11 is 7.48. The molecule has 2 N–H and O–H groups in total. The Hall–Kier alpha value is -3.94. The van der Waals surface area contributed by atoms with Gasteiger partial charge < -0.3 is 15.4 Å². The van der Waals surface area contributed by atoms with Crippen LogP contribution in [0.2, 0.25) is 0 Å². The minimum Gasteiger partial charge on any atom is -0.465 e. The van der Waals surface area contributed by atoms with Crippen LogP contribution in [0.1, 0.15) is 77.5 Å². The van der Waals surface area contributed by atoms with Gasteiger partial charge in [-0.05, 0) is 97.2 Å². The topological polar surface area (TPSA) is 84.5 Å². The molecule has 0 unspecified atom stereocenters. The molecular weight excluding hydrogens is 568 g/mol. The van der Waals surface area contributed by atoms with Gasteiger partial charge in [-0.3, -0.25) is 9.59 Å². The number of hydrogen-bond acceptors (Lipinski definition) is 5. The van der Waals surface area contributed by atoms with Crippen molar-refractivity contribution in [2.75, 3.05) is 17.7 Å². The summed E-state index contributed by atoms with van der Waals surface area (Å²) in [6.45, 7) is 0. The van der Waals surface area contributed by atoms with E-state index in [0.29, 0.717) is 33.3 Å². The van der Waals surface area contributed by atoms with Crippen LogP contribution in [-0.4, -0.2) is 24.9 Å². The Labute approximate surface area is 255 Å². The number of ether oxygens (including phenoxy) is 1. The van der Waals surface area contributed by atoms with Crippen LogP contribution >= 0.6 is 22.9 Å². The number of halogens is 1. The molecule has 5 rings (SSSR count). The van der Waals surface area contributed by atoms with Crippen molar-refractivity contribution in [2.24, 2.45) is 0 Å². The van der Waals surface area contributed by atoms with Crippen molar-refractivity contribution in [3.63, 3.8) is 0 Å². The third-order valence-electron chi connectivity index (χ3n) is 7.51. The number of methoxy groups -OCH3 is 1. The van der Waals surface area contributed by atoms with E-state index in [1.54, 1.807) is 24.3 Å². The molecule has 2 amide bonds. The molecule has 0 atom stereocenters. The van der Waals surface area contributed by atoms with Crippen molar-refractivity contribution in [1.82, 2.24) is 0 Å². The first-order chi connectivity index (χ1) is 20.4. The number of benzene rings is 3. The molecule has 1 aliphatic rings. The van der Waals surface area contributed by atoms with Gasteiger partial charge in [0, 0.05) is 22.0 Å². The number of fused-ring (bicyclic) bond motifs is 1. The maximum absolute atomic E-state index is 13.7. The van der Waals surface area contributed by atoms with Crippen LogP contribution in [0.5, 0.6) is 0 Å². The molecule has 1 aromatic heterocycles. The van der Waals surface area contributed by atoms with Gasteiger partial charge in [0.2, 0.25) is 0 Å². The number of anilines is 2. The zero-order chi connectivity index (χ0) is 29.5. The molecule has 0 fully saturated rings. The molecule has 8 heteroatoms. The second kappa shape index (κ2) is 13.8. The van der Waals surface area contributed by atoms with E-state index in [-0.39, 0.29) is 17.8 Å². The third-order valence-corrected chi connectivity index (χ3v) is 9.02. The molecule has 0 saturated carbocycles. The number of nitrogens with one attached hydrogen (secondary N) is 2. The van der Waals surface area contributed by atoms with Crippen LogP contribution in [0.15, 0.2) is 72.8 Å². The van der Waals surface area contributed by atoms with E-state index in [1.807, 2.05) is 48.5 Å². The van der Waals surface area contributed by atoms with Crippen molar-refractivity contribution >= 4 is 51.4 Å². The number of esters is 1. The van der Waals surface area contributed by atoms with Crippen LogP contribution in [0.3, 0.4) is 0 Å². The molecule has 0 spiro atoms. The Balaban J connectivity index is 1.28.